The summed E-state index contributed by atoms with van der Waals surface area (Å²) in [5.41, 5.74) is 1.02. The van der Waals surface area contributed by atoms with Gasteiger partial charge < -0.3 is 9.84 Å². The first-order valence-electron chi connectivity index (χ1n) is 4.35. The van der Waals surface area contributed by atoms with E-state index in [0.29, 0.717) is 5.75 Å². The second-order valence-electron chi connectivity index (χ2n) is 3.21. The highest BCUT2D eigenvalue weighted by Crippen LogP contribution is 2.27. The van der Waals surface area contributed by atoms with Crippen molar-refractivity contribution in [2.45, 2.75) is 18.9 Å². The Balaban J connectivity index is 2.27. The van der Waals surface area contributed by atoms with Crippen LogP contribution in [-0.4, -0.2) is 17.8 Å². The van der Waals surface area contributed by atoms with Gasteiger partial charge in [-0.1, -0.05) is 6.07 Å². The van der Waals surface area contributed by atoms with E-state index in [4.69, 9.17) is 9.84 Å². The minimum Gasteiger partial charge on any atom is -0.488 e. The number of hydrogen-bond donors (Lipinski definition) is 1. The zero-order valence-corrected chi connectivity index (χ0v) is 7.16. The number of aliphatic hydroxyl groups is 1. The predicted molar refractivity (Wildman–Crippen MR) is 46.2 cm³/mol. The molecule has 1 aromatic rings. The molecule has 1 N–H and O–H groups in total. The molecule has 1 atom stereocenters. The minimum absolute atomic E-state index is 0.00401. The van der Waals surface area contributed by atoms with Crippen molar-refractivity contribution in [1.82, 2.24) is 0 Å². The maximum Gasteiger partial charge on any atom is 0.126 e. The average molecular weight is 182 g/mol. The Morgan fingerprint density at radius 2 is 2.38 bits per heavy atom. The average Bonchev–Trinajstić information content (AvgIpc) is 2.16. The van der Waals surface area contributed by atoms with Gasteiger partial charge in [0.05, 0.1) is 6.61 Å². The van der Waals surface area contributed by atoms with Crippen molar-refractivity contribution in [3.05, 3.63) is 29.6 Å². The molecule has 70 valence electrons. The van der Waals surface area contributed by atoms with Gasteiger partial charge in [0, 0.05) is 6.07 Å². The van der Waals surface area contributed by atoms with Gasteiger partial charge in [-0.2, -0.15) is 0 Å². The van der Waals surface area contributed by atoms with E-state index >= 15 is 0 Å². The number of aryl methyl sites for hydroxylation is 1. The summed E-state index contributed by atoms with van der Waals surface area (Å²) in [5, 5.41) is 8.87. The molecule has 0 bridgehead atoms. The summed E-state index contributed by atoms with van der Waals surface area (Å²) < 4.78 is 18.2. The molecule has 1 unspecified atom stereocenters. The van der Waals surface area contributed by atoms with Gasteiger partial charge in [-0.05, 0) is 24.5 Å². The van der Waals surface area contributed by atoms with Crippen molar-refractivity contribution in [3.8, 4) is 5.75 Å². The molecule has 0 aromatic heterocycles. The topological polar surface area (TPSA) is 29.5 Å². The highest BCUT2D eigenvalue weighted by molar-refractivity contribution is 5.35. The van der Waals surface area contributed by atoms with E-state index in [2.05, 4.69) is 0 Å². The summed E-state index contributed by atoms with van der Waals surface area (Å²) in [7, 11) is 0. The first-order chi connectivity index (χ1) is 6.29. The maximum atomic E-state index is 12.8. The zero-order chi connectivity index (χ0) is 9.26. The number of fused-ring (bicyclic) bond motifs is 1. The molecule has 1 aliphatic heterocycles. The van der Waals surface area contributed by atoms with Crippen LogP contribution in [0.5, 0.6) is 5.75 Å². The first-order valence-corrected chi connectivity index (χ1v) is 4.35. The Morgan fingerprint density at radius 1 is 1.54 bits per heavy atom. The molecule has 0 saturated carbocycles. The Kier molecular flexibility index (Phi) is 2.19. The lowest BCUT2D eigenvalue weighted by Crippen LogP contribution is -2.26. The van der Waals surface area contributed by atoms with Crippen LogP contribution in [0.15, 0.2) is 18.2 Å². The summed E-state index contributed by atoms with van der Waals surface area (Å²) in [6.45, 7) is -0.00401. The summed E-state index contributed by atoms with van der Waals surface area (Å²) >= 11 is 0. The monoisotopic (exact) mass is 182 g/mol. The van der Waals surface area contributed by atoms with Crippen LogP contribution in [0.2, 0.25) is 0 Å². The fourth-order valence-corrected chi connectivity index (χ4v) is 1.53. The Morgan fingerprint density at radius 3 is 3.15 bits per heavy atom. The number of hydrogen-bond acceptors (Lipinski definition) is 2. The number of rotatable bonds is 1. The lowest BCUT2D eigenvalue weighted by molar-refractivity contribution is 0.0974. The van der Waals surface area contributed by atoms with Crippen LogP contribution in [0.3, 0.4) is 0 Å². The largest absolute Gasteiger partial charge is 0.488 e. The zero-order valence-electron chi connectivity index (χ0n) is 7.16. The fraction of sp³-hybridized carbons (Fsp3) is 0.400. The van der Waals surface area contributed by atoms with E-state index in [9.17, 15) is 4.39 Å². The van der Waals surface area contributed by atoms with Crippen molar-refractivity contribution in [2.24, 2.45) is 0 Å². The van der Waals surface area contributed by atoms with Crippen molar-refractivity contribution in [3.63, 3.8) is 0 Å². The molecule has 2 nitrogen and oxygen atoms in total. The van der Waals surface area contributed by atoms with Gasteiger partial charge in [-0.25, -0.2) is 4.39 Å². The first kappa shape index (κ1) is 8.51. The van der Waals surface area contributed by atoms with Crippen LogP contribution in [0.4, 0.5) is 4.39 Å². The van der Waals surface area contributed by atoms with Gasteiger partial charge in [0.15, 0.2) is 0 Å². The van der Waals surface area contributed by atoms with E-state index in [1.807, 2.05) is 0 Å². The van der Waals surface area contributed by atoms with E-state index < -0.39 is 0 Å². The molecule has 1 aromatic carbocycles. The smallest absolute Gasteiger partial charge is 0.126 e. The van der Waals surface area contributed by atoms with Gasteiger partial charge in [-0.15, -0.1) is 0 Å². The molecule has 0 aliphatic carbocycles. The molecule has 0 amide bonds. The minimum atomic E-state index is -0.294. The third kappa shape index (κ3) is 1.65. The molecule has 1 aliphatic rings. The molecule has 1 heterocycles. The van der Waals surface area contributed by atoms with Crippen molar-refractivity contribution in [1.29, 1.82) is 0 Å². The Hall–Kier alpha value is -1.09. The highest BCUT2D eigenvalue weighted by Gasteiger charge is 2.18. The Labute approximate surface area is 76.0 Å². The summed E-state index contributed by atoms with van der Waals surface area (Å²) in [5.74, 6) is 0.280. The number of halogens is 1. The maximum absolute atomic E-state index is 12.8. The van der Waals surface area contributed by atoms with Gasteiger partial charge >= 0.3 is 0 Å². The van der Waals surface area contributed by atoms with Crippen LogP contribution >= 0.6 is 0 Å². The van der Waals surface area contributed by atoms with Crippen molar-refractivity contribution < 1.29 is 14.2 Å². The summed E-state index contributed by atoms with van der Waals surface area (Å²) in [6.07, 6.45) is 1.48. The molecule has 0 radical (unpaired) electrons. The second kappa shape index (κ2) is 3.34. The molecule has 0 saturated heterocycles. The molecular weight excluding hydrogens is 171 g/mol. The quantitative estimate of drug-likeness (QED) is 0.713. The number of benzene rings is 1. The standard InChI is InChI=1S/C10H11FO2/c11-8-3-1-7-2-4-9(6-12)13-10(7)5-8/h1,3,5,9,12H,2,4,6H2. The van der Waals surface area contributed by atoms with Crippen molar-refractivity contribution >= 4 is 0 Å². The molecular formula is C10H11FO2. The third-order valence-electron chi connectivity index (χ3n) is 2.26. The molecule has 13 heavy (non-hydrogen) atoms. The van der Waals surface area contributed by atoms with Crippen LogP contribution in [-0.2, 0) is 6.42 Å². The van der Waals surface area contributed by atoms with Crippen LogP contribution in [0, 0.1) is 5.82 Å². The number of aliphatic hydroxyl groups excluding tert-OH is 1. The van der Waals surface area contributed by atoms with Gasteiger partial charge in [0.2, 0.25) is 0 Å². The van der Waals surface area contributed by atoms with E-state index in [1.54, 1.807) is 6.07 Å². The second-order valence-corrected chi connectivity index (χ2v) is 3.21. The van der Waals surface area contributed by atoms with E-state index in [1.165, 1.54) is 12.1 Å². The summed E-state index contributed by atoms with van der Waals surface area (Å²) in [4.78, 5) is 0. The van der Waals surface area contributed by atoms with E-state index in [0.717, 1.165) is 18.4 Å². The summed E-state index contributed by atoms with van der Waals surface area (Å²) in [6, 6.07) is 4.54. The molecule has 0 fully saturated rings. The SMILES string of the molecule is OCC1CCc2ccc(F)cc2O1. The number of ether oxygens (including phenoxy) is 1. The van der Waals surface area contributed by atoms with Crippen molar-refractivity contribution in [2.75, 3.05) is 6.61 Å². The van der Waals surface area contributed by atoms with Gasteiger partial charge in [0.25, 0.3) is 0 Å². The third-order valence-corrected chi connectivity index (χ3v) is 2.26. The lowest BCUT2D eigenvalue weighted by Gasteiger charge is -2.24. The fourth-order valence-electron chi connectivity index (χ4n) is 1.53. The normalized spacial score (nSPS) is 20.6. The van der Waals surface area contributed by atoms with Gasteiger partial charge in [-0.3, -0.25) is 0 Å². The molecule has 0 spiro atoms. The van der Waals surface area contributed by atoms with Crippen LogP contribution in [0.1, 0.15) is 12.0 Å². The highest BCUT2D eigenvalue weighted by atomic mass is 19.1. The predicted octanol–water partition coefficient (Wildman–Crippen LogP) is 1.51. The molecule has 2 rings (SSSR count). The van der Waals surface area contributed by atoms with E-state index in [-0.39, 0.29) is 18.5 Å². The molecule has 3 heteroatoms. The van der Waals surface area contributed by atoms with Crippen LogP contribution in [0.25, 0.3) is 0 Å². The Bertz CT molecular complexity index is 312. The van der Waals surface area contributed by atoms with Crippen LogP contribution < -0.4 is 4.74 Å². The van der Waals surface area contributed by atoms with Gasteiger partial charge in [0.1, 0.15) is 17.7 Å². The lowest BCUT2D eigenvalue weighted by atomic mass is 10.0.